The molecule has 0 radical (unpaired) electrons. The average Bonchev–Trinajstić information content (AvgIpc) is 3.56. The van der Waals surface area contributed by atoms with Crippen LogP contribution in [0.15, 0.2) is 41.2 Å². The van der Waals surface area contributed by atoms with Gasteiger partial charge in [0, 0.05) is 51.4 Å². The van der Waals surface area contributed by atoms with E-state index >= 15 is 0 Å². The van der Waals surface area contributed by atoms with Crippen molar-refractivity contribution in [3.05, 3.63) is 63.4 Å². The number of ketones is 1. The summed E-state index contributed by atoms with van der Waals surface area (Å²) in [7, 11) is 1.61. The first-order valence-electron chi connectivity index (χ1n) is 19.2. The molecule has 1 aromatic carbocycles. The molecule has 0 spiro atoms. The molecular weight excluding hydrogens is 807 g/mol. The molecule has 2 aliphatic heterocycles. The van der Waals surface area contributed by atoms with Crippen LogP contribution in [0.5, 0.6) is 0 Å². The zero-order chi connectivity index (χ0) is 42.9. The van der Waals surface area contributed by atoms with E-state index in [0.717, 1.165) is 29.3 Å². The smallest absolute Gasteiger partial charge is 0.355 e. The normalized spacial score (nSPS) is 19.7. The summed E-state index contributed by atoms with van der Waals surface area (Å²) >= 11 is 3.08. The summed E-state index contributed by atoms with van der Waals surface area (Å²) < 4.78 is 17.5. The fourth-order valence-corrected chi connectivity index (χ4v) is 9.97. The number of amides is 1. The van der Waals surface area contributed by atoms with E-state index in [0.29, 0.717) is 34.8 Å². The van der Waals surface area contributed by atoms with E-state index in [1.807, 2.05) is 30.3 Å². The van der Waals surface area contributed by atoms with Crippen molar-refractivity contribution in [1.82, 2.24) is 20.2 Å². The second kappa shape index (κ2) is 20.4. The maximum atomic E-state index is 13.3. The van der Waals surface area contributed by atoms with Crippen molar-refractivity contribution < 1.29 is 53.2 Å². The number of ether oxygens (including phenoxy) is 3. The lowest BCUT2D eigenvalue weighted by molar-refractivity contribution is -0.188. The van der Waals surface area contributed by atoms with Crippen LogP contribution in [0.3, 0.4) is 0 Å². The summed E-state index contributed by atoms with van der Waals surface area (Å²) in [6.07, 6.45) is 2.36. The molecule has 1 aliphatic carbocycles. The number of thioether (sulfide) groups is 2. The number of nitrogens with zero attached hydrogens (tertiary/aromatic N) is 2. The Morgan fingerprint density at radius 2 is 1.68 bits per heavy atom. The van der Waals surface area contributed by atoms with Crippen LogP contribution in [0.1, 0.15) is 62.6 Å². The van der Waals surface area contributed by atoms with Gasteiger partial charge in [0.25, 0.3) is 5.56 Å². The first-order chi connectivity index (χ1) is 28.2. The predicted molar refractivity (Wildman–Crippen MR) is 220 cm³/mol. The number of carboxylic acid groups (broad SMARTS) is 2. The molecule has 59 heavy (non-hydrogen) atoms. The molecule has 0 bridgehead atoms. The maximum Gasteiger partial charge on any atom is 0.355 e. The van der Waals surface area contributed by atoms with Crippen LogP contribution >= 0.6 is 23.5 Å². The minimum atomic E-state index is -1.70. The van der Waals surface area contributed by atoms with Gasteiger partial charge in [0.05, 0.1) is 48.8 Å². The Kier molecular flexibility index (Phi) is 15.7. The number of carboxylic acids is 2. The fraction of sp³-hybridized carbons (Fsp3) is 0.500. The Bertz CT molecular complexity index is 2150. The number of hydrogen-bond donors (Lipinski definition) is 5. The lowest BCUT2D eigenvalue weighted by Crippen LogP contribution is -2.48. The largest absolute Gasteiger partial charge is 0.480 e. The molecule has 4 unspecified atom stereocenters. The average molecular weight is 856 g/mol. The van der Waals surface area contributed by atoms with Crippen LogP contribution in [0, 0.1) is 0 Å². The number of aromatic nitrogens is 2. The molecule has 4 heterocycles. The molecule has 3 aromatic rings. The third-order valence-electron chi connectivity index (χ3n) is 10.3. The van der Waals surface area contributed by atoms with E-state index in [1.165, 1.54) is 18.7 Å². The van der Waals surface area contributed by atoms with Crippen LogP contribution < -0.4 is 21.9 Å². The Morgan fingerprint density at radius 1 is 1.02 bits per heavy atom. The van der Waals surface area contributed by atoms with Crippen molar-refractivity contribution in [3.8, 4) is 11.4 Å². The van der Waals surface area contributed by atoms with Gasteiger partial charge in [-0.25, -0.2) is 14.6 Å². The summed E-state index contributed by atoms with van der Waals surface area (Å²) in [6.45, 7) is 3.37. The maximum absolute atomic E-state index is 13.3. The fourth-order valence-electron chi connectivity index (χ4n) is 6.78. The first kappa shape index (κ1) is 45.3. The van der Waals surface area contributed by atoms with Crippen molar-refractivity contribution in [2.24, 2.45) is 5.73 Å². The Morgan fingerprint density at radius 3 is 2.29 bits per heavy atom. The van der Waals surface area contributed by atoms with Gasteiger partial charge in [-0.05, 0) is 51.4 Å². The number of benzene rings is 1. The number of Topliss-reactive ketones (excluding diaryl/α,β-unsaturated/α-hetero) is 1. The van der Waals surface area contributed by atoms with Gasteiger partial charge >= 0.3 is 23.9 Å². The summed E-state index contributed by atoms with van der Waals surface area (Å²) in [5.74, 6) is -3.11. The van der Waals surface area contributed by atoms with Crippen molar-refractivity contribution in [2.45, 2.75) is 87.3 Å². The van der Waals surface area contributed by atoms with Crippen molar-refractivity contribution >= 4 is 70.0 Å². The minimum absolute atomic E-state index is 0.00863. The second-order valence-electron chi connectivity index (χ2n) is 14.2. The number of carbonyl (C=O) groups is 6. The second-order valence-corrected chi connectivity index (χ2v) is 16.8. The van der Waals surface area contributed by atoms with Gasteiger partial charge in [-0.2, -0.15) is 23.5 Å². The summed E-state index contributed by atoms with van der Waals surface area (Å²) in [6, 6.07) is 9.89. The molecule has 1 amide bonds. The number of cyclic esters (lactones) is 1. The van der Waals surface area contributed by atoms with Gasteiger partial charge in [-0.15, -0.1) is 0 Å². The highest BCUT2D eigenvalue weighted by molar-refractivity contribution is 8.04. The SMILES string of the molecule is CC[C@@]1(OC(=O)CN)C(=O)OCc2c1cc1n(c2=O)Cc2cc3ccccc3nc2-1.CNC(CSC1CCC1SCC(NC(=O)CCOCCC(C)=O)C(=O)O)C(=O)O. The lowest BCUT2D eigenvalue weighted by atomic mass is 9.85. The Hall–Kier alpha value is -4.82. The van der Waals surface area contributed by atoms with Crippen LogP contribution in [0.25, 0.3) is 22.3 Å². The molecule has 3 aliphatic rings. The number of para-hydroxylation sites is 1. The van der Waals surface area contributed by atoms with Gasteiger partial charge in [0.15, 0.2) is 0 Å². The van der Waals surface area contributed by atoms with Crippen LogP contribution in [-0.4, -0.2) is 116 Å². The third-order valence-corrected chi connectivity index (χ3v) is 13.5. The van der Waals surface area contributed by atoms with E-state index in [2.05, 4.69) is 10.6 Å². The highest BCUT2D eigenvalue weighted by Crippen LogP contribution is 2.42. The summed E-state index contributed by atoms with van der Waals surface area (Å²) in [4.78, 5) is 88.0. The number of aliphatic carboxylic acids is 2. The van der Waals surface area contributed by atoms with E-state index in [9.17, 15) is 38.7 Å². The van der Waals surface area contributed by atoms with Crippen LogP contribution in [-0.2, 0) is 61.7 Å². The quantitative estimate of drug-likeness (QED) is 0.0669. The zero-order valence-corrected chi connectivity index (χ0v) is 34.7. The number of fused-ring (bicyclic) bond motifs is 5. The molecule has 5 atom stereocenters. The number of likely N-dealkylation sites (N-methyl/N-ethyl adjacent to an activating group) is 1. The zero-order valence-electron chi connectivity index (χ0n) is 33.0. The number of carbonyl (C=O) groups excluding carboxylic acids is 4. The predicted octanol–water partition coefficient (Wildman–Crippen LogP) is 2.20. The van der Waals surface area contributed by atoms with Crippen molar-refractivity contribution in [3.63, 3.8) is 0 Å². The van der Waals surface area contributed by atoms with Gasteiger partial charge in [0.2, 0.25) is 11.5 Å². The molecular formula is C40H49N5O12S2. The van der Waals surface area contributed by atoms with Crippen molar-refractivity contribution in [2.75, 3.05) is 38.3 Å². The van der Waals surface area contributed by atoms with Gasteiger partial charge in [0.1, 0.15) is 24.5 Å². The molecule has 6 rings (SSSR count). The van der Waals surface area contributed by atoms with Gasteiger partial charge in [-0.1, -0.05) is 25.1 Å². The van der Waals surface area contributed by atoms with Crippen molar-refractivity contribution in [1.29, 1.82) is 0 Å². The summed E-state index contributed by atoms with van der Waals surface area (Å²) in [5, 5.41) is 25.2. The number of rotatable bonds is 19. The monoisotopic (exact) mass is 855 g/mol. The molecule has 1 fully saturated rings. The number of nitrogens with two attached hydrogens (primary N) is 1. The minimum Gasteiger partial charge on any atom is -0.480 e. The van der Waals surface area contributed by atoms with Gasteiger partial charge in [-0.3, -0.25) is 24.0 Å². The van der Waals surface area contributed by atoms with E-state index < -0.39 is 47.5 Å². The summed E-state index contributed by atoms with van der Waals surface area (Å²) in [5.41, 5.74) is 7.09. The van der Waals surface area contributed by atoms with E-state index in [-0.39, 0.29) is 73.2 Å². The highest BCUT2D eigenvalue weighted by atomic mass is 32.2. The third kappa shape index (κ3) is 10.7. The lowest BCUT2D eigenvalue weighted by Gasteiger charge is -2.36. The molecule has 17 nitrogen and oxygen atoms in total. The van der Waals surface area contributed by atoms with E-state index in [1.54, 1.807) is 36.4 Å². The molecule has 1 saturated carbocycles. The topological polar surface area (TPSA) is 256 Å². The standard InChI is InChI=1S/C22H19N3O5.C18H30N2O7S2/c1-2-22(30-18(26)9-23)15-8-17-19-13(7-12-5-3-4-6-16(12)24-19)10-25(17)20(27)14(15)11-29-21(22)28;1-11(21)5-7-27-8-6-16(22)20-13(18(25)26)10-29-15-4-3-14(15)28-9-12(19-2)17(23)24/h3-8H,2,9-11,23H2,1H3;12-15,19H,3-10H2,1-2H3,(H,20,22)(H,23,24)(H,25,26)/t22-;/m0./s1. The molecule has 318 valence electrons. The molecule has 6 N–H and O–H groups in total. The molecule has 19 heteroatoms. The number of nitrogens with one attached hydrogen (secondary N) is 2. The number of esters is 2. The highest BCUT2D eigenvalue weighted by Gasteiger charge is 2.50. The molecule has 0 saturated heterocycles. The Balaban J connectivity index is 0.000000225. The Labute approximate surface area is 348 Å². The van der Waals surface area contributed by atoms with Crippen LogP contribution in [0.4, 0.5) is 0 Å². The van der Waals surface area contributed by atoms with E-state index in [4.69, 9.17) is 30.0 Å². The first-order valence-corrected chi connectivity index (χ1v) is 21.3. The number of pyridine rings is 2. The molecule has 2 aromatic heterocycles. The van der Waals surface area contributed by atoms with Crippen LogP contribution in [0.2, 0.25) is 0 Å². The number of hydrogen-bond acceptors (Lipinski definition) is 15. The van der Waals surface area contributed by atoms with Gasteiger partial charge < -0.3 is 45.4 Å².